The van der Waals surface area contributed by atoms with E-state index < -0.39 is 12.0 Å². The predicted molar refractivity (Wildman–Crippen MR) is 116 cm³/mol. The number of benzene rings is 1. The van der Waals surface area contributed by atoms with Gasteiger partial charge in [0.1, 0.15) is 12.0 Å². The van der Waals surface area contributed by atoms with E-state index in [1.54, 1.807) is 18.2 Å². The highest BCUT2D eigenvalue weighted by atomic mass is 16.6. The van der Waals surface area contributed by atoms with Gasteiger partial charge in [-0.1, -0.05) is 6.07 Å². The number of anilines is 1. The first-order chi connectivity index (χ1) is 15.0. The number of primary amides is 1. The monoisotopic (exact) mass is 445 g/mol. The van der Waals surface area contributed by atoms with Crippen LogP contribution in [0.4, 0.5) is 5.95 Å². The van der Waals surface area contributed by atoms with Crippen molar-refractivity contribution in [2.24, 2.45) is 11.7 Å². The van der Waals surface area contributed by atoms with Crippen LogP contribution in [0.5, 0.6) is 11.5 Å². The van der Waals surface area contributed by atoms with Gasteiger partial charge in [0.25, 0.3) is 11.5 Å². The topological polar surface area (TPSA) is 174 Å². The van der Waals surface area contributed by atoms with Crippen molar-refractivity contribution >= 4 is 11.9 Å². The van der Waals surface area contributed by atoms with Crippen LogP contribution >= 0.6 is 0 Å². The van der Waals surface area contributed by atoms with Crippen LogP contribution in [0.15, 0.2) is 47.3 Å². The fraction of sp³-hybridized carbons (Fsp3) is 0.381. The number of rotatable bonds is 7. The van der Waals surface area contributed by atoms with Crippen molar-refractivity contribution in [2.45, 2.75) is 18.9 Å². The highest BCUT2D eigenvalue weighted by molar-refractivity contribution is 5.96. The summed E-state index contributed by atoms with van der Waals surface area (Å²) in [5.74, 6) is 1.25. The van der Waals surface area contributed by atoms with E-state index in [4.69, 9.17) is 15.2 Å². The third-order valence-corrected chi connectivity index (χ3v) is 5.45. The number of aliphatic hydroxyl groups excluding tert-OH is 1. The first-order valence-electron chi connectivity index (χ1n) is 10.2. The third-order valence-electron chi connectivity index (χ3n) is 5.45. The second-order valence-electron chi connectivity index (χ2n) is 7.63. The van der Waals surface area contributed by atoms with Crippen LogP contribution in [0, 0.1) is 5.92 Å². The molecule has 32 heavy (non-hydrogen) atoms. The standard InChI is InChI=1S/C21H25N5O5.H2O/c22-20(29)15-2-1-3-17-19(15)30-12-14(31-17)10-13-5-8-26(11-16(13)27)9-7-24-21-23-6-4-18(28)25-21;/h1-4,6,12-13,16,27H,5,7-11H2,(H2,22,29)(H2,23,24,25,28);1H2. The SMILES string of the molecule is NC(=O)c1cccc2c1OC=C(CC1CCN(CCNc3nccc(=O)[nH]3)CC1O)O2.O. The van der Waals surface area contributed by atoms with Gasteiger partial charge in [-0.15, -0.1) is 0 Å². The number of nitrogens with one attached hydrogen (secondary N) is 2. The molecule has 0 spiro atoms. The molecule has 2 unspecified atom stereocenters. The zero-order valence-electron chi connectivity index (χ0n) is 17.4. The van der Waals surface area contributed by atoms with Crippen molar-refractivity contribution in [1.29, 1.82) is 0 Å². The van der Waals surface area contributed by atoms with Gasteiger partial charge in [-0.25, -0.2) is 4.98 Å². The van der Waals surface area contributed by atoms with Gasteiger partial charge in [-0.05, 0) is 31.0 Å². The first-order valence-corrected chi connectivity index (χ1v) is 10.2. The van der Waals surface area contributed by atoms with E-state index in [9.17, 15) is 14.7 Å². The summed E-state index contributed by atoms with van der Waals surface area (Å²) in [6, 6.07) is 6.35. The lowest BCUT2D eigenvalue weighted by atomic mass is 9.90. The van der Waals surface area contributed by atoms with Gasteiger partial charge in [0.15, 0.2) is 11.5 Å². The number of β-amino-alcohol motifs (C(OH)–C–C–N with tert-alkyl or cyclic N) is 1. The minimum Gasteiger partial charge on any atom is -0.457 e. The Balaban J connectivity index is 0.00000289. The number of nitrogens with two attached hydrogens (primary N) is 1. The van der Waals surface area contributed by atoms with Gasteiger partial charge < -0.3 is 31.1 Å². The molecule has 2 aliphatic heterocycles. The average molecular weight is 445 g/mol. The number of aliphatic hydroxyl groups is 1. The maximum Gasteiger partial charge on any atom is 0.252 e. The van der Waals surface area contributed by atoms with E-state index in [0.717, 1.165) is 13.0 Å². The van der Waals surface area contributed by atoms with Gasteiger partial charge >= 0.3 is 0 Å². The van der Waals surface area contributed by atoms with E-state index in [1.165, 1.54) is 18.5 Å². The van der Waals surface area contributed by atoms with E-state index in [1.807, 2.05) is 0 Å². The number of ether oxygens (including phenoxy) is 2. The molecule has 172 valence electrons. The number of amides is 1. The molecular formula is C21H27N5O6. The molecular weight excluding hydrogens is 418 g/mol. The molecule has 0 saturated carbocycles. The van der Waals surface area contributed by atoms with Crippen LogP contribution in [-0.2, 0) is 0 Å². The number of aromatic amines is 1. The number of hydrogen-bond acceptors (Lipinski definition) is 8. The fourth-order valence-corrected chi connectivity index (χ4v) is 3.83. The Hall–Kier alpha value is -3.41. The van der Waals surface area contributed by atoms with Crippen LogP contribution in [-0.4, -0.2) is 63.6 Å². The van der Waals surface area contributed by atoms with Gasteiger partial charge in [0.2, 0.25) is 5.95 Å². The van der Waals surface area contributed by atoms with Crippen molar-refractivity contribution in [2.75, 3.05) is 31.5 Å². The van der Waals surface area contributed by atoms with E-state index >= 15 is 0 Å². The second kappa shape index (κ2) is 10.3. The normalized spacial score (nSPS) is 20.1. The second-order valence-corrected chi connectivity index (χ2v) is 7.63. The summed E-state index contributed by atoms with van der Waals surface area (Å²) >= 11 is 0. The molecule has 1 fully saturated rings. The molecule has 1 saturated heterocycles. The molecule has 11 nitrogen and oxygen atoms in total. The van der Waals surface area contributed by atoms with Crippen molar-refractivity contribution in [3.63, 3.8) is 0 Å². The van der Waals surface area contributed by atoms with Crippen molar-refractivity contribution < 1.29 is 24.9 Å². The number of nitrogens with zero attached hydrogens (tertiary/aromatic N) is 2. The Morgan fingerprint density at radius 2 is 2.22 bits per heavy atom. The summed E-state index contributed by atoms with van der Waals surface area (Å²) < 4.78 is 11.5. The minimum atomic E-state index is -0.580. The molecule has 0 aliphatic carbocycles. The number of piperidine rings is 1. The Labute approximate surface area is 184 Å². The Kier molecular flexibility index (Phi) is 7.46. The summed E-state index contributed by atoms with van der Waals surface area (Å²) in [5, 5.41) is 13.7. The molecule has 0 radical (unpaired) electrons. The zero-order chi connectivity index (χ0) is 21.8. The number of hydrogen-bond donors (Lipinski definition) is 4. The summed E-state index contributed by atoms with van der Waals surface area (Å²) in [7, 11) is 0. The molecule has 1 aromatic carbocycles. The minimum absolute atomic E-state index is 0. The Morgan fingerprint density at radius 1 is 1.38 bits per heavy atom. The number of fused-ring (bicyclic) bond motifs is 1. The third kappa shape index (κ3) is 5.44. The molecule has 1 aromatic heterocycles. The first kappa shape index (κ1) is 23.3. The number of carbonyl (C=O) groups is 1. The average Bonchev–Trinajstić information content (AvgIpc) is 2.75. The predicted octanol–water partition coefficient (Wildman–Crippen LogP) is -0.158. The molecule has 2 aliphatic rings. The quantitative estimate of drug-likeness (QED) is 0.455. The van der Waals surface area contributed by atoms with Gasteiger partial charge in [-0.2, -0.15) is 0 Å². The molecule has 7 N–H and O–H groups in total. The highest BCUT2D eigenvalue weighted by Gasteiger charge is 2.30. The Morgan fingerprint density at radius 3 is 2.97 bits per heavy atom. The van der Waals surface area contributed by atoms with E-state index in [2.05, 4.69) is 20.2 Å². The largest absolute Gasteiger partial charge is 0.457 e. The van der Waals surface area contributed by atoms with Crippen LogP contribution in [0.3, 0.4) is 0 Å². The van der Waals surface area contributed by atoms with E-state index in [-0.39, 0.29) is 22.5 Å². The van der Waals surface area contributed by atoms with Gasteiger partial charge in [0, 0.05) is 38.3 Å². The summed E-state index contributed by atoms with van der Waals surface area (Å²) in [6.45, 7) is 2.69. The summed E-state index contributed by atoms with van der Waals surface area (Å²) in [5.41, 5.74) is 5.44. The molecule has 3 heterocycles. The zero-order valence-corrected chi connectivity index (χ0v) is 17.4. The highest BCUT2D eigenvalue weighted by Crippen LogP contribution is 2.37. The molecule has 4 rings (SSSR count). The number of allylic oxidation sites excluding steroid dienone is 1. The molecule has 2 aromatic rings. The smallest absolute Gasteiger partial charge is 0.252 e. The van der Waals surface area contributed by atoms with Crippen LogP contribution < -0.4 is 26.1 Å². The van der Waals surface area contributed by atoms with Crippen molar-refractivity contribution in [1.82, 2.24) is 14.9 Å². The van der Waals surface area contributed by atoms with Gasteiger partial charge in [-0.3, -0.25) is 19.5 Å². The number of para-hydroxylation sites is 1. The maximum atomic E-state index is 11.5. The molecule has 2 atom stereocenters. The van der Waals surface area contributed by atoms with Crippen LogP contribution in [0.25, 0.3) is 0 Å². The number of H-pyrrole nitrogens is 1. The van der Waals surface area contributed by atoms with Crippen molar-refractivity contribution in [3.8, 4) is 11.5 Å². The van der Waals surface area contributed by atoms with Crippen LogP contribution in [0.2, 0.25) is 0 Å². The molecule has 1 amide bonds. The lowest BCUT2D eigenvalue weighted by Gasteiger charge is -2.36. The van der Waals surface area contributed by atoms with E-state index in [0.29, 0.717) is 49.3 Å². The maximum absolute atomic E-state index is 11.5. The molecule has 0 bridgehead atoms. The molecule has 11 heteroatoms. The Bertz CT molecular complexity index is 1040. The summed E-state index contributed by atoms with van der Waals surface area (Å²) in [4.78, 5) is 31.6. The number of carbonyl (C=O) groups excluding carboxylic acids is 1. The number of aromatic nitrogens is 2. The van der Waals surface area contributed by atoms with Crippen molar-refractivity contribution in [3.05, 3.63) is 58.4 Å². The van der Waals surface area contributed by atoms with Gasteiger partial charge in [0.05, 0.1) is 11.7 Å². The number of likely N-dealkylation sites (tertiary alicyclic amines) is 1. The fourth-order valence-electron chi connectivity index (χ4n) is 3.83. The lowest BCUT2D eigenvalue weighted by Crippen LogP contribution is -2.45. The lowest BCUT2D eigenvalue weighted by molar-refractivity contribution is 0.0197. The van der Waals surface area contributed by atoms with Crippen LogP contribution in [0.1, 0.15) is 23.2 Å². The summed E-state index contributed by atoms with van der Waals surface area (Å²) in [6.07, 6.45) is 3.76.